The molecule has 4 nitrogen and oxygen atoms in total. The predicted molar refractivity (Wildman–Crippen MR) is 111 cm³/mol. The highest BCUT2D eigenvalue weighted by molar-refractivity contribution is 5.91. The zero-order chi connectivity index (χ0) is 20.8. The summed E-state index contributed by atoms with van der Waals surface area (Å²) in [6.45, 7) is 0.844. The first-order chi connectivity index (χ1) is 14.7. The van der Waals surface area contributed by atoms with Crippen LogP contribution >= 0.6 is 0 Å². The summed E-state index contributed by atoms with van der Waals surface area (Å²) < 4.78 is 24.3. The molecule has 0 saturated heterocycles. The van der Waals surface area contributed by atoms with Gasteiger partial charge in [-0.05, 0) is 53.9 Å². The molecule has 0 aliphatic carbocycles. The monoisotopic (exact) mass is 403 g/mol. The van der Waals surface area contributed by atoms with Gasteiger partial charge in [-0.15, -0.1) is 0 Å². The van der Waals surface area contributed by atoms with E-state index in [1.807, 2.05) is 30.3 Å². The lowest BCUT2D eigenvalue weighted by Crippen LogP contribution is -2.32. The van der Waals surface area contributed by atoms with Crippen LogP contribution in [-0.2, 0) is 6.54 Å². The third kappa shape index (κ3) is 4.69. The van der Waals surface area contributed by atoms with Crippen molar-refractivity contribution in [3.8, 4) is 0 Å². The fourth-order valence-electron chi connectivity index (χ4n) is 3.55. The molecule has 2 aromatic heterocycles. The second kappa shape index (κ2) is 9.27. The first-order valence-electron chi connectivity index (χ1n) is 9.86. The number of furan rings is 2. The van der Waals surface area contributed by atoms with Crippen LogP contribution in [0.3, 0.4) is 0 Å². The lowest BCUT2D eigenvalue weighted by atomic mass is 9.93. The quantitative estimate of drug-likeness (QED) is 0.369. The summed E-state index contributed by atoms with van der Waals surface area (Å²) in [7, 11) is 0. The Balaban J connectivity index is 1.56. The number of amides is 1. The van der Waals surface area contributed by atoms with Crippen LogP contribution in [0.5, 0.6) is 0 Å². The lowest BCUT2D eigenvalue weighted by molar-refractivity contribution is 0.0706. The number of hydrogen-bond donors (Lipinski definition) is 0. The molecule has 0 radical (unpaired) electrons. The van der Waals surface area contributed by atoms with Crippen molar-refractivity contribution in [2.24, 2.45) is 0 Å². The van der Waals surface area contributed by atoms with E-state index in [0.29, 0.717) is 19.5 Å². The molecule has 0 fully saturated rings. The van der Waals surface area contributed by atoms with Crippen molar-refractivity contribution in [2.75, 3.05) is 6.54 Å². The third-order valence-corrected chi connectivity index (χ3v) is 5.08. The molecule has 30 heavy (non-hydrogen) atoms. The van der Waals surface area contributed by atoms with Crippen molar-refractivity contribution < 1.29 is 18.0 Å². The highest BCUT2D eigenvalue weighted by atomic mass is 19.1. The van der Waals surface area contributed by atoms with Crippen molar-refractivity contribution in [1.29, 1.82) is 0 Å². The molecule has 152 valence electrons. The molecule has 4 aromatic rings. The molecule has 0 aliphatic heterocycles. The van der Waals surface area contributed by atoms with Crippen molar-refractivity contribution >= 4 is 5.91 Å². The summed E-state index contributed by atoms with van der Waals surface area (Å²) in [5.74, 6) is 0.654. The average Bonchev–Trinajstić information content (AvgIpc) is 3.49. The van der Waals surface area contributed by atoms with Crippen LogP contribution in [-0.4, -0.2) is 17.4 Å². The molecule has 5 heteroatoms. The average molecular weight is 403 g/mol. The summed E-state index contributed by atoms with van der Waals surface area (Å²) >= 11 is 0. The summed E-state index contributed by atoms with van der Waals surface area (Å²) in [5.41, 5.74) is 1.98. The normalized spacial score (nSPS) is 11.9. The van der Waals surface area contributed by atoms with Gasteiger partial charge in [0.15, 0.2) is 5.76 Å². The minimum atomic E-state index is -0.301. The fraction of sp³-hybridized carbons (Fsp3) is 0.160. The number of carbonyl (C=O) groups is 1. The van der Waals surface area contributed by atoms with Gasteiger partial charge in [0.1, 0.15) is 11.6 Å². The molecular weight excluding hydrogens is 381 g/mol. The van der Waals surface area contributed by atoms with Gasteiger partial charge in [-0.25, -0.2) is 4.39 Å². The summed E-state index contributed by atoms with van der Waals surface area (Å²) in [6.07, 6.45) is 3.82. The maximum atomic E-state index is 13.3. The molecule has 2 aromatic carbocycles. The minimum Gasteiger partial charge on any atom is -0.469 e. The molecule has 2 heterocycles. The van der Waals surface area contributed by atoms with Crippen molar-refractivity contribution in [3.63, 3.8) is 0 Å². The van der Waals surface area contributed by atoms with Crippen molar-refractivity contribution in [1.82, 2.24) is 4.90 Å². The SMILES string of the molecule is O=C(c1ccco1)N(CC[C@H](c1ccccc1)c1ccco1)Cc1ccc(F)cc1. The summed E-state index contributed by atoms with van der Waals surface area (Å²) in [4.78, 5) is 14.8. The van der Waals surface area contributed by atoms with E-state index in [9.17, 15) is 9.18 Å². The zero-order valence-corrected chi connectivity index (χ0v) is 16.4. The number of nitrogens with zero attached hydrogens (tertiary/aromatic N) is 1. The standard InChI is InChI=1S/C25H22FNO3/c26-21-12-10-19(11-13-21)18-27(25(28)24-9-5-17-30-24)15-14-22(23-8-4-16-29-23)20-6-2-1-3-7-20/h1-13,16-17,22H,14-15,18H2/t22-/m1/s1. The molecule has 0 unspecified atom stereocenters. The molecular formula is C25H22FNO3. The van der Waals surface area contributed by atoms with E-state index >= 15 is 0 Å². The van der Waals surface area contributed by atoms with Gasteiger partial charge in [0, 0.05) is 19.0 Å². The highest BCUT2D eigenvalue weighted by Crippen LogP contribution is 2.29. The Morgan fingerprint density at radius 1 is 0.867 bits per heavy atom. The van der Waals surface area contributed by atoms with Crippen LogP contribution in [0.4, 0.5) is 4.39 Å². The molecule has 0 spiro atoms. The van der Waals surface area contributed by atoms with Crippen LogP contribution in [0.1, 0.15) is 39.8 Å². The van der Waals surface area contributed by atoms with Gasteiger partial charge in [-0.3, -0.25) is 4.79 Å². The summed E-state index contributed by atoms with van der Waals surface area (Å²) in [6, 6.07) is 23.5. The second-order valence-electron chi connectivity index (χ2n) is 7.10. The van der Waals surface area contributed by atoms with Crippen molar-refractivity contribution in [3.05, 3.63) is 120 Å². The van der Waals surface area contributed by atoms with Crippen LogP contribution in [0.25, 0.3) is 0 Å². The van der Waals surface area contributed by atoms with E-state index in [0.717, 1.165) is 16.9 Å². The number of carbonyl (C=O) groups excluding carboxylic acids is 1. The van der Waals surface area contributed by atoms with Crippen LogP contribution in [0.2, 0.25) is 0 Å². The van der Waals surface area contributed by atoms with E-state index in [-0.39, 0.29) is 23.4 Å². The largest absolute Gasteiger partial charge is 0.469 e. The van der Waals surface area contributed by atoms with Gasteiger partial charge in [0.2, 0.25) is 0 Å². The number of halogens is 1. The number of rotatable bonds is 8. The first kappa shape index (κ1) is 19.7. The van der Waals surface area contributed by atoms with E-state index < -0.39 is 0 Å². The van der Waals surface area contributed by atoms with Gasteiger partial charge < -0.3 is 13.7 Å². The Morgan fingerprint density at radius 2 is 1.60 bits per heavy atom. The molecule has 0 N–H and O–H groups in total. The maximum Gasteiger partial charge on any atom is 0.289 e. The van der Waals surface area contributed by atoms with Gasteiger partial charge in [0.05, 0.1) is 12.5 Å². The van der Waals surface area contributed by atoms with Crippen LogP contribution in [0, 0.1) is 5.82 Å². The van der Waals surface area contributed by atoms with Crippen LogP contribution in [0.15, 0.2) is 100 Å². The molecule has 0 aliphatic rings. The molecule has 0 bridgehead atoms. The molecule has 0 saturated carbocycles. The third-order valence-electron chi connectivity index (χ3n) is 5.08. The van der Waals surface area contributed by atoms with E-state index in [1.165, 1.54) is 18.4 Å². The highest BCUT2D eigenvalue weighted by Gasteiger charge is 2.23. The second-order valence-corrected chi connectivity index (χ2v) is 7.10. The van der Waals surface area contributed by atoms with Crippen LogP contribution < -0.4 is 0 Å². The molecule has 1 atom stereocenters. The van der Waals surface area contributed by atoms with Gasteiger partial charge >= 0.3 is 0 Å². The maximum absolute atomic E-state index is 13.3. The number of benzene rings is 2. The topological polar surface area (TPSA) is 46.6 Å². The molecule has 1 amide bonds. The van der Waals surface area contributed by atoms with E-state index in [4.69, 9.17) is 8.83 Å². The summed E-state index contributed by atoms with van der Waals surface area (Å²) in [5, 5.41) is 0. The van der Waals surface area contributed by atoms with Crippen molar-refractivity contribution in [2.45, 2.75) is 18.9 Å². The van der Waals surface area contributed by atoms with Gasteiger partial charge in [-0.1, -0.05) is 42.5 Å². The Bertz CT molecular complexity index is 1040. The van der Waals surface area contributed by atoms with E-state index in [1.54, 1.807) is 35.4 Å². The lowest BCUT2D eigenvalue weighted by Gasteiger charge is -2.24. The fourth-order valence-corrected chi connectivity index (χ4v) is 3.55. The Kier molecular flexibility index (Phi) is 6.09. The predicted octanol–water partition coefficient (Wildman–Crippen LogP) is 5.88. The first-order valence-corrected chi connectivity index (χ1v) is 9.86. The Labute approximate surface area is 174 Å². The number of hydrogen-bond acceptors (Lipinski definition) is 3. The Morgan fingerprint density at radius 3 is 2.27 bits per heavy atom. The zero-order valence-electron chi connectivity index (χ0n) is 16.4. The smallest absolute Gasteiger partial charge is 0.289 e. The minimum absolute atomic E-state index is 0.0151. The van der Waals surface area contributed by atoms with Gasteiger partial charge in [0.25, 0.3) is 5.91 Å². The molecule has 4 rings (SSSR count). The van der Waals surface area contributed by atoms with E-state index in [2.05, 4.69) is 12.1 Å². The Hall–Kier alpha value is -3.60. The van der Waals surface area contributed by atoms with Gasteiger partial charge in [-0.2, -0.15) is 0 Å².